The van der Waals surface area contributed by atoms with Crippen molar-refractivity contribution in [2.45, 2.75) is 78.4 Å². The number of aryl methyl sites for hydroxylation is 1. The first kappa shape index (κ1) is 29.8. The summed E-state index contributed by atoms with van der Waals surface area (Å²) in [6.07, 6.45) is 4.56. The lowest BCUT2D eigenvalue weighted by Crippen LogP contribution is -2.42. The van der Waals surface area contributed by atoms with Crippen molar-refractivity contribution in [3.05, 3.63) is 41.5 Å². The van der Waals surface area contributed by atoms with E-state index in [0.717, 1.165) is 35.4 Å². The summed E-state index contributed by atoms with van der Waals surface area (Å²) >= 11 is 1.21. The number of nitrogens with zero attached hydrogens (tertiary/aromatic N) is 7. The minimum atomic E-state index is -0.721. The van der Waals surface area contributed by atoms with Crippen LogP contribution < -0.4 is 10.3 Å². The first-order valence-electron chi connectivity index (χ1n) is 14.2. The van der Waals surface area contributed by atoms with E-state index in [1.54, 1.807) is 15.6 Å². The lowest BCUT2D eigenvalue weighted by molar-refractivity contribution is 0.0197. The lowest BCUT2D eigenvalue weighted by Gasteiger charge is -2.34. The van der Waals surface area contributed by atoms with Crippen LogP contribution in [0.1, 0.15) is 77.3 Å². The van der Waals surface area contributed by atoms with Gasteiger partial charge in [-0.05, 0) is 84.5 Å². The summed E-state index contributed by atoms with van der Waals surface area (Å²) in [5, 5.41) is 7.22. The van der Waals surface area contributed by atoms with Crippen LogP contribution in [0.25, 0.3) is 11.2 Å². The van der Waals surface area contributed by atoms with E-state index in [4.69, 9.17) is 19.6 Å². The molecule has 12 nitrogen and oxygen atoms in total. The second-order valence-corrected chi connectivity index (χ2v) is 13.6. The van der Waals surface area contributed by atoms with E-state index in [2.05, 4.69) is 9.80 Å². The zero-order valence-corrected chi connectivity index (χ0v) is 26.4. The van der Waals surface area contributed by atoms with Crippen LogP contribution in [0.15, 0.2) is 24.5 Å². The largest absolute Gasteiger partial charge is 0.444 e. The van der Waals surface area contributed by atoms with Crippen LogP contribution in [0.5, 0.6) is 0 Å². The fourth-order valence-electron chi connectivity index (χ4n) is 5.03. The second kappa shape index (κ2) is 11.2. The van der Waals surface area contributed by atoms with Crippen molar-refractivity contribution < 1.29 is 19.1 Å². The SMILES string of the molecule is Cc1cc(N(C(=O)OC(C)(C)C)c2cc(C3CCCN(C(=O)OC(C)(C)C)C3)nc3c(C4=CN(C)NC4)cnn23)sn1. The molecule has 1 fully saturated rings. The highest BCUT2D eigenvalue weighted by atomic mass is 32.1. The number of carbonyl (C=O) groups is 2. The van der Waals surface area contributed by atoms with Crippen LogP contribution in [-0.2, 0) is 9.47 Å². The summed E-state index contributed by atoms with van der Waals surface area (Å²) in [6.45, 7) is 14.7. The monoisotopic (exact) mass is 596 g/mol. The molecule has 1 atom stereocenters. The van der Waals surface area contributed by atoms with E-state index in [9.17, 15) is 9.59 Å². The Morgan fingerprint density at radius 3 is 2.48 bits per heavy atom. The Morgan fingerprint density at radius 2 is 1.86 bits per heavy atom. The summed E-state index contributed by atoms with van der Waals surface area (Å²) in [7, 11) is 1.94. The zero-order chi connectivity index (χ0) is 30.4. The first-order chi connectivity index (χ1) is 19.7. The topological polar surface area (TPSA) is 117 Å². The number of hydrazine groups is 1. The maximum Gasteiger partial charge on any atom is 0.421 e. The number of hydrogen-bond acceptors (Lipinski definition) is 10. The van der Waals surface area contributed by atoms with Gasteiger partial charge in [-0.15, -0.1) is 0 Å². The third-order valence-electron chi connectivity index (χ3n) is 6.82. The van der Waals surface area contributed by atoms with Crippen LogP contribution in [0, 0.1) is 6.92 Å². The standard InChI is InChI=1S/C29H40N8O4S/c1-18-12-24(42-33-18)36(27(39)41-29(5,6)7)23-13-22(19-10-9-11-35(17-19)26(38)40-28(2,3)4)32-25-21(15-31-37(23)25)20-14-30-34(8)16-20/h12-13,15-16,19,30H,9-11,14,17H2,1-8H3. The van der Waals surface area contributed by atoms with Gasteiger partial charge in [0.05, 0.1) is 17.6 Å². The molecular weight excluding hydrogens is 556 g/mol. The molecule has 2 aliphatic heterocycles. The number of fused-ring (bicyclic) bond motifs is 1. The van der Waals surface area contributed by atoms with E-state index in [1.807, 2.05) is 78.9 Å². The summed E-state index contributed by atoms with van der Waals surface area (Å²) in [5.74, 6) is 0.424. The summed E-state index contributed by atoms with van der Waals surface area (Å²) in [4.78, 5) is 35.2. The van der Waals surface area contributed by atoms with E-state index in [1.165, 1.54) is 16.4 Å². The molecule has 3 aromatic heterocycles. The molecule has 5 heterocycles. The third kappa shape index (κ3) is 6.51. The van der Waals surface area contributed by atoms with Crippen molar-refractivity contribution in [3.63, 3.8) is 0 Å². The minimum absolute atomic E-state index is 0.0696. The number of amides is 2. The number of nitrogens with one attached hydrogen (secondary N) is 1. The van der Waals surface area contributed by atoms with Gasteiger partial charge in [0.15, 0.2) is 5.65 Å². The van der Waals surface area contributed by atoms with Gasteiger partial charge < -0.3 is 19.4 Å². The quantitative estimate of drug-likeness (QED) is 0.418. The van der Waals surface area contributed by atoms with Gasteiger partial charge in [0.2, 0.25) is 0 Å². The fourth-order valence-corrected chi connectivity index (χ4v) is 5.79. The first-order valence-corrected chi connectivity index (χ1v) is 15.0. The number of rotatable bonds is 4. The van der Waals surface area contributed by atoms with Gasteiger partial charge >= 0.3 is 12.2 Å². The van der Waals surface area contributed by atoms with Crippen LogP contribution in [-0.4, -0.2) is 79.0 Å². The van der Waals surface area contributed by atoms with Crippen LogP contribution in [0.3, 0.4) is 0 Å². The molecule has 0 radical (unpaired) electrons. The third-order valence-corrected chi connectivity index (χ3v) is 7.69. The molecule has 0 aromatic carbocycles. The Kier molecular flexibility index (Phi) is 7.92. The number of hydrogen-bond donors (Lipinski definition) is 1. The Hall–Kier alpha value is -3.71. The highest BCUT2D eigenvalue weighted by molar-refractivity contribution is 7.10. The molecular formula is C29H40N8O4S. The Labute approximate surface area is 250 Å². The van der Waals surface area contributed by atoms with Crippen molar-refractivity contribution in [2.75, 3.05) is 31.6 Å². The molecule has 1 unspecified atom stereocenters. The predicted octanol–water partition coefficient (Wildman–Crippen LogP) is 5.47. The molecule has 3 aromatic rings. The summed E-state index contributed by atoms with van der Waals surface area (Å²) in [6, 6.07) is 3.74. The molecule has 0 saturated carbocycles. The molecule has 2 amide bonds. The van der Waals surface area contributed by atoms with Gasteiger partial charge in [-0.3, -0.25) is 0 Å². The smallest absolute Gasteiger partial charge is 0.421 e. The normalized spacial score (nSPS) is 17.9. The maximum absolute atomic E-state index is 13.8. The number of ether oxygens (including phenoxy) is 2. The number of aromatic nitrogens is 4. The number of piperidine rings is 1. The van der Waals surface area contributed by atoms with Gasteiger partial charge in [0.25, 0.3) is 0 Å². The van der Waals surface area contributed by atoms with Gasteiger partial charge in [-0.25, -0.2) is 24.9 Å². The summed E-state index contributed by atoms with van der Waals surface area (Å²) < 4.78 is 17.7. The van der Waals surface area contributed by atoms with Crippen molar-refractivity contribution in [1.29, 1.82) is 0 Å². The van der Waals surface area contributed by atoms with Gasteiger partial charge in [-0.1, -0.05) is 0 Å². The highest BCUT2D eigenvalue weighted by Gasteiger charge is 2.33. The molecule has 13 heteroatoms. The van der Waals surface area contributed by atoms with Gasteiger partial charge in [0.1, 0.15) is 22.0 Å². The molecule has 5 rings (SSSR count). The van der Waals surface area contributed by atoms with E-state index in [-0.39, 0.29) is 12.0 Å². The Morgan fingerprint density at radius 1 is 1.12 bits per heavy atom. The minimum Gasteiger partial charge on any atom is -0.444 e. The molecule has 42 heavy (non-hydrogen) atoms. The molecule has 2 aliphatic rings. The second-order valence-electron chi connectivity index (χ2n) is 12.8. The van der Waals surface area contributed by atoms with Gasteiger partial charge in [-0.2, -0.15) is 14.0 Å². The average Bonchev–Trinajstić information content (AvgIpc) is 3.62. The summed E-state index contributed by atoms with van der Waals surface area (Å²) in [5.41, 5.74) is 6.03. The van der Waals surface area contributed by atoms with Crippen LogP contribution in [0.4, 0.5) is 20.4 Å². The van der Waals surface area contributed by atoms with Gasteiger partial charge in [0, 0.05) is 50.4 Å². The molecule has 226 valence electrons. The average molecular weight is 597 g/mol. The number of anilines is 2. The van der Waals surface area contributed by atoms with E-state index >= 15 is 0 Å². The molecule has 0 bridgehead atoms. The predicted molar refractivity (Wildman–Crippen MR) is 162 cm³/mol. The Bertz CT molecular complexity index is 1520. The van der Waals surface area contributed by atoms with Crippen molar-refractivity contribution in [1.82, 2.24) is 34.3 Å². The van der Waals surface area contributed by atoms with Crippen molar-refractivity contribution >= 4 is 45.8 Å². The van der Waals surface area contributed by atoms with E-state index in [0.29, 0.717) is 36.1 Å². The van der Waals surface area contributed by atoms with Crippen LogP contribution >= 0.6 is 11.5 Å². The lowest BCUT2D eigenvalue weighted by atomic mass is 9.94. The molecule has 1 saturated heterocycles. The Balaban J connectivity index is 1.64. The maximum atomic E-state index is 13.8. The zero-order valence-electron chi connectivity index (χ0n) is 25.6. The van der Waals surface area contributed by atoms with Crippen molar-refractivity contribution in [3.8, 4) is 0 Å². The molecule has 0 aliphatic carbocycles. The van der Waals surface area contributed by atoms with Crippen molar-refractivity contribution in [2.24, 2.45) is 0 Å². The van der Waals surface area contributed by atoms with E-state index < -0.39 is 17.3 Å². The molecule has 0 spiro atoms. The number of likely N-dealkylation sites (tertiary alicyclic amines) is 1. The van der Waals surface area contributed by atoms with Crippen LogP contribution in [0.2, 0.25) is 0 Å². The fraction of sp³-hybridized carbons (Fsp3) is 0.552. The highest BCUT2D eigenvalue weighted by Crippen LogP contribution is 2.36. The molecule has 1 N–H and O–H groups in total. The number of carbonyl (C=O) groups excluding carboxylic acids is 2.